The average Bonchev–Trinajstić information content (AvgIpc) is 2.37. The van der Waals surface area contributed by atoms with Gasteiger partial charge in [0.15, 0.2) is 21.0 Å². The number of hydrogen-bond acceptors (Lipinski definition) is 6. The molecule has 0 bridgehead atoms. The standard InChI is InChI=1S/C12H11N3O4S/c1-2-7-20(18,19)11-8-5-3-4-6-9(8)14-12(10(11)13)15(16)17/h2-6H,1,7,13H2. The second-order valence-electron chi connectivity index (χ2n) is 4.02. The normalized spacial score (nSPS) is 11.4. The third-order valence-electron chi connectivity index (χ3n) is 2.68. The summed E-state index contributed by atoms with van der Waals surface area (Å²) in [5.41, 5.74) is 5.41. The number of pyridine rings is 1. The van der Waals surface area contributed by atoms with Crippen molar-refractivity contribution in [1.82, 2.24) is 4.98 Å². The van der Waals surface area contributed by atoms with E-state index in [-0.39, 0.29) is 21.6 Å². The minimum absolute atomic E-state index is 0.205. The summed E-state index contributed by atoms with van der Waals surface area (Å²) >= 11 is 0. The lowest BCUT2D eigenvalue weighted by atomic mass is 10.2. The Bertz CT molecular complexity index is 815. The predicted octanol–water partition coefficient (Wildman–Crippen LogP) is 1.68. The fourth-order valence-corrected chi connectivity index (χ4v) is 3.31. The van der Waals surface area contributed by atoms with E-state index in [1.807, 2.05) is 0 Å². The summed E-state index contributed by atoms with van der Waals surface area (Å²) in [4.78, 5) is 13.7. The minimum atomic E-state index is -3.81. The Balaban J connectivity index is 2.97. The topological polar surface area (TPSA) is 116 Å². The molecule has 1 aromatic carbocycles. The number of sulfone groups is 1. The molecule has 8 heteroatoms. The van der Waals surface area contributed by atoms with E-state index in [1.165, 1.54) is 18.2 Å². The van der Waals surface area contributed by atoms with Crippen molar-refractivity contribution in [3.05, 3.63) is 47.0 Å². The van der Waals surface area contributed by atoms with Crippen molar-refractivity contribution in [3.63, 3.8) is 0 Å². The highest BCUT2D eigenvalue weighted by Crippen LogP contribution is 2.34. The Hall–Kier alpha value is -2.48. The van der Waals surface area contributed by atoms with Crippen molar-refractivity contribution < 1.29 is 13.3 Å². The molecule has 2 aromatic rings. The van der Waals surface area contributed by atoms with E-state index >= 15 is 0 Å². The van der Waals surface area contributed by atoms with Crippen molar-refractivity contribution in [2.45, 2.75) is 4.90 Å². The highest BCUT2D eigenvalue weighted by Gasteiger charge is 2.28. The Morgan fingerprint density at radius 1 is 1.40 bits per heavy atom. The van der Waals surface area contributed by atoms with Crippen LogP contribution in [0.15, 0.2) is 41.8 Å². The molecule has 104 valence electrons. The van der Waals surface area contributed by atoms with Crippen molar-refractivity contribution >= 4 is 32.2 Å². The van der Waals surface area contributed by atoms with Crippen molar-refractivity contribution in [2.24, 2.45) is 0 Å². The molecule has 0 saturated carbocycles. The van der Waals surface area contributed by atoms with Gasteiger partial charge >= 0.3 is 5.82 Å². The molecule has 0 aliphatic rings. The number of aromatic nitrogens is 1. The molecule has 1 aromatic heterocycles. The van der Waals surface area contributed by atoms with Gasteiger partial charge in [0, 0.05) is 5.39 Å². The lowest BCUT2D eigenvalue weighted by molar-refractivity contribution is -0.388. The average molecular weight is 293 g/mol. The summed E-state index contributed by atoms with van der Waals surface area (Å²) in [7, 11) is -3.81. The van der Waals surface area contributed by atoms with Gasteiger partial charge in [-0.25, -0.2) is 8.42 Å². The maximum absolute atomic E-state index is 12.2. The minimum Gasteiger partial charge on any atom is -0.391 e. The van der Waals surface area contributed by atoms with Gasteiger partial charge in [-0.1, -0.05) is 18.2 Å². The van der Waals surface area contributed by atoms with E-state index in [1.54, 1.807) is 12.1 Å². The number of nitrogen functional groups attached to an aromatic ring is 1. The van der Waals surface area contributed by atoms with E-state index in [0.717, 1.165) is 0 Å². The first-order valence-electron chi connectivity index (χ1n) is 5.54. The number of benzene rings is 1. The maximum Gasteiger partial charge on any atom is 0.388 e. The van der Waals surface area contributed by atoms with Gasteiger partial charge in [0.2, 0.25) is 0 Å². The number of nitro groups is 1. The van der Waals surface area contributed by atoms with E-state index < -0.39 is 26.3 Å². The van der Waals surface area contributed by atoms with Crippen LogP contribution in [0.3, 0.4) is 0 Å². The third-order valence-corrected chi connectivity index (χ3v) is 4.42. The largest absolute Gasteiger partial charge is 0.391 e. The van der Waals surface area contributed by atoms with Crippen LogP contribution >= 0.6 is 0 Å². The van der Waals surface area contributed by atoms with E-state index in [9.17, 15) is 18.5 Å². The molecule has 1 heterocycles. The fraction of sp³-hybridized carbons (Fsp3) is 0.0833. The molecule has 0 fully saturated rings. The Labute approximate surface area is 114 Å². The number of anilines is 1. The number of para-hydroxylation sites is 1. The van der Waals surface area contributed by atoms with Crippen LogP contribution in [-0.4, -0.2) is 24.1 Å². The van der Waals surface area contributed by atoms with Gasteiger partial charge in [-0.05, 0) is 22.0 Å². The molecule has 2 rings (SSSR count). The molecule has 0 unspecified atom stereocenters. The zero-order chi connectivity index (χ0) is 14.9. The van der Waals surface area contributed by atoms with Crippen LogP contribution in [0.25, 0.3) is 10.9 Å². The van der Waals surface area contributed by atoms with Crippen LogP contribution in [0.5, 0.6) is 0 Å². The Kier molecular flexibility index (Phi) is 3.41. The van der Waals surface area contributed by atoms with Crippen LogP contribution in [-0.2, 0) is 9.84 Å². The van der Waals surface area contributed by atoms with Gasteiger partial charge in [-0.2, -0.15) is 0 Å². The predicted molar refractivity (Wildman–Crippen MR) is 75.1 cm³/mol. The highest BCUT2D eigenvalue weighted by atomic mass is 32.2. The van der Waals surface area contributed by atoms with Gasteiger partial charge in [-0.3, -0.25) is 0 Å². The SMILES string of the molecule is C=CCS(=O)(=O)c1c(N)c([N+](=O)[O-])nc2ccccc12. The number of fused-ring (bicyclic) bond motifs is 1. The van der Waals surface area contributed by atoms with Gasteiger partial charge in [-0.15, -0.1) is 6.58 Å². The molecule has 0 atom stereocenters. The van der Waals surface area contributed by atoms with Gasteiger partial charge < -0.3 is 15.8 Å². The lowest BCUT2D eigenvalue weighted by Gasteiger charge is -2.08. The number of nitrogens with two attached hydrogens (primary N) is 1. The molecule has 20 heavy (non-hydrogen) atoms. The maximum atomic E-state index is 12.2. The van der Waals surface area contributed by atoms with Crippen LogP contribution in [0.4, 0.5) is 11.5 Å². The van der Waals surface area contributed by atoms with Crippen LogP contribution in [0.1, 0.15) is 0 Å². The smallest absolute Gasteiger partial charge is 0.388 e. The zero-order valence-electron chi connectivity index (χ0n) is 10.3. The van der Waals surface area contributed by atoms with E-state index in [2.05, 4.69) is 11.6 Å². The van der Waals surface area contributed by atoms with Crippen LogP contribution in [0, 0.1) is 10.1 Å². The third kappa shape index (κ3) is 2.21. The first kappa shape index (κ1) is 13.9. The first-order valence-corrected chi connectivity index (χ1v) is 7.20. The summed E-state index contributed by atoms with van der Waals surface area (Å²) in [5, 5.41) is 11.2. The molecular weight excluding hydrogens is 282 g/mol. The summed E-state index contributed by atoms with van der Waals surface area (Å²) in [6.45, 7) is 3.37. The van der Waals surface area contributed by atoms with Gasteiger partial charge in [0.1, 0.15) is 4.90 Å². The zero-order valence-corrected chi connectivity index (χ0v) is 11.1. The summed E-state index contributed by atoms with van der Waals surface area (Å²) in [5.74, 6) is -1.02. The lowest BCUT2D eigenvalue weighted by Crippen LogP contribution is -2.11. The Morgan fingerprint density at radius 3 is 2.65 bits per heavy atom. The molecule has 0 aliphatic carbocycles. The monoisotopic (exact) mass is 293 g/mol. The second-order valence-corrected chi connectivity index (χ2v) is 5.99. The molecule has 0 radical (unpaired) electrons. The van der Waals surface area contributed by atoms with Gasteiger partial charge in [0.25, 0.3) is 0 Å². The second kappa shape index (κ2) is 4.89. The molecule has 0 aliphatic heterocycles. The summed E-state index contributed by atoms with van der Waals surface area (Å²) in [6.07, 6.45) is 1.20. The number of rotatable bonds is 4. The molecule has 0 spiro atoms. The van der Waals surface area contributed by atoms with Gasteiger partial charge in [0.05, 0.1) is 5.75 Å². The number of nitrogens with zero attached hydrogens (tertiary/aromatic N) is 2. The van der Waals surface area contributed by atoms with Crippen molar-refractivity contribution in [1.29, 1.82) is 0 Å². The molecule has 2 N–H and O–H groups in total. The first-order chi connectivity index (χ1) is 9.38. The van der Waals surface area contributed by atoms with Crippen LogP contribution < -0.4 is 5.73 Å². The summed E-state index contributed by atoms with van der Waals surface area (Å²) in [6, 6.07) is 6.23. The quantitative estimate of drug-likeness (QED) is 0.521. The number of hydrogen-bond donors (Lipinski definition) is 1. The van der Waals surface area contributed by atoms with Crippen molar-refractivity contribution in [3.8, 4) is 0 Å². The molecular formula is C12H11N3O4S. The summed E-state index contributed by atoms with van der Waals surface area (Å²) < 4.78 is 24.5. The Morgan fingerprint density at radius 2 is 2.05 bits per heavy atom. The molecule has 0 amide bonds. The fourth-order valence-electron chi connectivity index (χ4n) is 1.90. The van der Waals surface area contributed by atoms with E-state index in [4.69, 9.17) is 5.73 Å². The van der Waals surface area contributed by atoms with Crippen LogP contribution in [0.2, 0.25) is 0 Å². The van der Waals surface area contributed by atoms with Crippen molar-refractivity contribution in [2.75, 3.05) is 11.5 Å². The molecule has 7 nitrogen and oxygen atoms in total. The van der Waals surface area contributed by atoms with E-state index in [0.29, 0.717) is 0 Å². The molecule has 0 saturated heterocycles. The highest BCUT2D eigenvalue weighted by molar-refractivity contribution is 7.92.